The fraction of sp³-hybridized carbons (Fsp3) is 0.667. The number of hydrogen-bond acceptors (Lipinski definition) is 4. The second-order valence-corrected chi connectivity index (χ2v) is 7.56. The van der Waals surface area contributed by atoms with Crippen LogP contribution in [0.2, 0.25) is 0 Å². The Hall–Kier alpha value is -1.03. The van der Waals surface area contributed by atoms with Gasteiger partial charge in [-0.2, -0.15) is 11.8 Å². The van der Waals surface area contributed by atoms with Crippen LogP contribution in [0.3, 0.4) is 0 Å². The summed E-state index contributed by atoms with van der Waals surface area (Å²) in [4.78, 5) is 16.9. The molecule has 124 valence electrons. The standard InChI is InChI=1S/C18H29NO2S/c1-5-8-15(19-9-6-2)18-16(20)11-14(12-17(18)21)10-13(4)22-7-3/h6,13-14,20H,2,5,7-12H2,1,3-4H3. The van der Waals surface area contributed by atoms with Gasteiger partial charge in [0.1, 0.15) is 5.76 Å². The molecule has 0 saturated heterocycles. The molecule has 0 fully saturated rings. The van der Waals surface area contributed by atoms with Gasteiger partial charge in [0.05, 0.1) is 12.1 Å². The number of ketones is 1. The molecule has 1 aliphatic rings. The Labute approximate surface area is 139 Å². The van der Waals surface area contributed by atoms with Crippen molar-refractivity contribution < 1.29 is 9.90 Å². The number of aliphatic hydroxyl groups excluding tert-OH is 1. The van der Waals surface area contributed by atoms with Gasteiger partial charge in [-0.05, 0) is 24.5 Å². The zero-order valence-electron chi connectivity index (χ0n) is 14.1. The van der Waals surface area contributed by atoms with Gasteiger partial charge in [0.25, 0.3) is 0 Å². The minimum Gasteiger partial charge on any atom is -0.511 e. The largest absolute Gasteiger partial charge is 0.511 e. The molecule has 0 aromatic carbocycles. The SMILES string of the molecule is C=CCN=C(CCC)C1=C(O)CC(CC(C)SCC)CC1=O. The fourth-order valence-electron chi connectivity index (χ4n) is 2.98. The molecular formula is C18H29NO2S. The second-order valence-electron chi connectivity index (χ2n) is 5.85. The minimum atomic E-state index is 0.0544. The number of hydrogen-bond donors (Lipinski definition) is 1. The molecule has 0 heterocycles. The number of carbonyl (C=O) groups is 1. The van der Waals surface area contributed by atoms with E-state index in [0.29, 0.717) is 30.2 Å². The number of aliphatic hydroxyl groups is 1. The molecule has 2 atom stereocenters. The van der Waals surface area contributed by atoms with Gasteiger partial charge >= 0.3 is 0 Å². The maximum Gasteiger partial charge on any atom is 0.168 e. The van der Waals surface area contributed by atoms with E-state index in [2.05, 4.69) is 32.3 Å². The first-order valence-electron chi connectivity index (χ1n) is 8.24. The summed E-state index contributed by atoms with van der Waals surface area (Å²) in [6.45, 7) is 10.6. The molecule has 0 bridgehead atoms. The lowest BCUT2D eigenvalue weighted by Gasteiger charge is -2.26. The predicted molar refractivity (Wildman–Crippen MR) is 97.0 cm³/mol. The minimum absolute atomic E-state index is 0.0544. The van der Waals surface area contributed by atoms with Crippen LogP contribution in [-0.4, -0.2) is 34.1 Å². The number of thioether (sulfide) groups is 1. The lowest BCUT2D eigenvalue weighted by atomic mass is 9.82. The lowest BCUT2D eigenvalue weighted by Crippen LogP contribution is -2.26. The average molecular weight is 324 g/mol. The molecule has 3 nitrogen and oxygen atoms in total. The van der Waals surface area contributed by atoms with Crippen LogP contribution in [0.15, 0.2) is 29.0 Å². The summed E-state index contributed by atoms with van der Waals surface area (Å²) in [6, 6.07) is 0. The Bertz CT molecular complexity index is 454. The topological polar surface area (TPSA) is 49.7 Å². The molecule has 0 amide bonds. The van der Waals surface area contributed by atoms with E-state index in [1.165, 1.54) is 0 Å². The van der Waals surface area contributed by atoms with E-state index in [1.54, 1.807) is 6.08 Å². The Balaban J connectivity index is 2.87. The zero-order chi connectivity index (χ0) is 16.5. The lowest BCUT2D eigenvalue weighted by molar-refractivity contribution is -0.116. The molecule has 22 heavy (non-hydrogen) atoms. The van der Waals surface area contributed by atoms with Gasteiger partial charge in [-0.3, -0.25) is 9.79 Å². The number of aliphatic imine (C=N–C) groups is 1. The van der Waals surface area contributed by atoms with Crippen molar-refractivity contribution in [2.24, 2.45) is 10.9 Å². The van der Waals surface area contributed by atoms with Crippen molar-refractivity contribution in [1.82, 2.24) is 0 Å². The maximum absolute atomic E-state index is 12.5. The van der Waals surface area contributed by atoms with Gasteiger partial charge in [0.2, 0.25) is 0 Å². The summed E-state index contributed by atoms with van der Waals surface area (Å²) >= 11 is 1.91. The third-order valence-corrected chi connectivity index (χ3v) is 4.92. The fourth-order valence-corrected chi connectivity index (χ4v) is 3.96. The van der Waals surface area contributed by atoms with Crippen molar-refractivity contribution >= 4 is 23.3 Å². The molecule has 1 rings (SSSR count). The number of nitrogens with zero attached hydrogens (tertiary/aromatic N) is 1. The van der Waals surface area contributed by atoms with Crippen LogP contribution in [0, 0.1) is 5.92 Å². The molecule has 0 aromatic heterocycles. The molecule has 0 aromatic rings. The summed E-state index contributed by atoms with van der Waals surface area (Å²) < 4.78 is 0. The van der Waals surface area contributed by atoms with Crippen molar-refractivity contribution in [3.63, 3.8) is 0 Å². The Morgan fingerprint density at radius 1 is 1.50 bits per heavy atom. The van der Waals surface area contributed by atoms with Crippen molar-refractivity contribution in [2.45, 2.75) is 58.1 Å². The van der Waals surface area contributed by atoms with Gasteiger partial charge in [-0.15, -0.1) is 6.58 Å². The van der Waals surface area contributed by atoms with Crippen LogP contribution in [0.1, 0.15) is 52.9 Å². The quantitative estimate of drug-likeness (QED) is 0.492. The van der Waals surface area contributed by atoms with Crippen molar-refractivity contribution in [3.05, 3.63) is 24.0 Å². The third-order valence-electron chi connectivity index (χ3n) is 3.83. The van der Waals surface area contributed by atoms with Gasteiger partial charge in [0, 0.05) is 23.8 Å². The second kappa shape index (κ2) is 9.88. The van der Waals surface area contributed by atoms with Crippen molar-refractivity contribution in [1.29, 1.82) is 0 Å². The summed E-state index contributed by atoms with van der Waals surface area (Å²) in [5.41, 5.74) is 1.23. The van der Waals surface area contributed by atoms with Gasteiger partial charge in [0.15, 0.2) is 5.78 Å². The highest BCUT2D eigenvalue weighted by Gasteiger charge is 2.30. The van der Waals surface area contributed by atoms with E-state index < -0.39 is 0 Å². The van der Waals surface area contributed by atoms with E-state index in [4.69, 9.17) is 0 Å². The Kier molecular flexibility index (Phi) is 8.54. The van der Waals surface area contributed by atoms with Crippen LogP contribution in [0.5, 0.6) is 0 Å². The first-order valence-corrected chi connectivity index (χ1v) is 9.29. The maximum atomic E-state index is 12.5. The molecule has 1 N–H and O–H groups in total. The van der Waals surface area contributed by atoms with E-state index in [-0.39, 0.29) is 17.5 Å². The average Bonchev–Trinajstić information content (AvgIpc) is 2.44. The molecule has 0 aliphatic heterocycles. The molecule has 1 aliphatic carbocycles. The summed E-state index contributed by atoms with van der Waals surface area (Å²) in [5, 5.41) is 10.9. The van der Waals surface area contributed by atoms with Crippen LogP contribution in [0.4, 0.5) is 0 Å². The number of Topliss-reactive ketones (excluding diaryl/α,β-unsaturated/α-hetero) is 1. The molecule has 0 spiro atoms. The van der Waals surface area contributed by atoms with E-state index in [9.17, 15) is 9.90 Å². The monoisotopic (exact) mass is 323 g/mol. The van der Waals surface area contributed by atoms with Crippen LogP contribution >= 0.6 is 11.8 Å². The highest BCUT2D eigenvalue weighted by Crippen LogP contribution is 2.32. The summed E-state index contributed by atoms with van der Waals surface area (Å²) in [7, 11) is 0. The van der Waals surface area contributed by atoms with E-state index in [1.807, 2.05) is 11.8 Å². The first-order chi connectivity index (χ1) is 10.5. The number of carbonyl (C=O) groups excluding carboxylic acids is 1. The molecule has 0 radical (unpaired) electrons. The summed E-state index contributed by atoms with van der Waals surface area (Å²) in [6.07, 6.45) is 5.47. The predicted octanol–water partition coefficient (Wildman–Crippen LogP) is 4.74. The van der Waals surface area contributed by atoms with Gasteiger partial charge < -0.3 is 5.11 Å². The highest BCUT2D eigenvalue weighted by molar-refractivity contribution is 7.99. The molecule has 0 saturated carbocycles. The van der Waals surface area contributed by atoms with Crippen LogP contribution in [0.25, 0.3) is 0 Å². The Morgan fingerprint density at radius 2 is 2.23 bits per heavy atom. The van der Waals surface area contributed by atoms with E-state index in [0.717, 1.165) is 30.7 Å². The zero-order valence-corrected chi connectivity index (χ0v) is 14.9. The molecule has 2 unspecified atom stereocenters. The smallest absolute Gasteiger partial charge is 0.168 e. The normalized spacial score (nSPS) is 21.1. The number of allylic oxidation sites excluding steroid dienone is 2. The Morgan fingerprint density at radius 3 is 2.77 bits per heavy atom. The van der Waals surface area contributed by atoms with Crippen LogP contribution < -0.4 is 0 Å². The van der Waals surface area contributed by atoms with E-state index >= 15 is 0 Å². The first kappa shape index (κ1) is 19.0. The molecular weight excluding hydrogens is 294 g/mol. The number of rotatable bonds is 9. The highest BCUT2D eigenvalue weighted by atomic mass is 32.2. The van der Waals surface area contributed by atoms with Gasteiger partial charge in [-0.1, -0.05) is 33.3 Å². The third kappa shape index (κ3) is 5.64. The van der Waals surface area contributed by atoms with Crippen LogP contribution in [-0.2, 0) is 4.79 Å². The van der Waals surface area contributed by atoms with Crippen molar-refractivity contribution in [3.8, 4) is 0 Å². The summed E-state index contributed by atoms with van der Waals surface area (Å²) in [5.74, 6) is 1.64. The van der Waals surface area contributed by atoms with Crippen molar-refractivity contribution in [2.75, 3.05) is 12.3 Å². The van der Waals surface area contributed by atoms with Gasteiger partial charge in [-0.25, -0.2) is 0 Å². The molecule has 4 heteroatoms.